The van der Waals surface area contributed by atoms with Gasteiger partial charge in [0.1, 0.15) is 0 Å². The van der Waals surface area contributed by atoms with Crippen LogP contribution < -0.4 is 0 Å². The number of hydrogen-bond acceptors (Lipinski definition) is 2. The second-order valence-corrected chi connectivity index (χ2v) is 7.77. The van der Waals surface area contributed by atoms with Crippen molar-refractivity contribution in [2.75, 3.05) is 19.8 Å². The molecule has 0 unspecified atom stereocenters. The summed E-state index contributed by atoms with van der Waals surface area (Å²) in [6.45, 7) is 6.74. The summed E-state index contributed by atoms with van der Waals surface area (Å²) in [5.41, 5.74) is 0. The SMILES string of the molecule is CC(C)OCCCOCCCCCCCCCCCC#CC1CCC1. The van der Waals surface area contributed by atoms with Crippen LogP contribution in [0.3, 0.4) is 0 Å². The van der Waals surface area contributed by atoms with Gasteiger partial charge in [0.15, 0.2) is 0 Å². The summed E-state index contributed by atoms with van der Waals surface area (Å²) < 4.78 is 11.1. The van der Waals surface area contributed by atoms with E-state index in [-0.39, 0.29) is 0 Å². The highest BCUT2D eigenvalue weighted by molar-refractivity contribution is 5.06. The monoisotopic (exact) mass is 350 g/mol. The summed E-state index contributed by atoms with van der Waals surface area (Å²) in [4.78, 5) is 0. The lowest BCUT2D eigenvalue weighted by molar-refractivity contribution is 0.0507. The summed E-state index contributed by atoms with van der Waals surface area (Å²) in [5.74, 6) is 7.53. The summed E-state index contributed by atoms with van der Waals surface area (Å²) in [6.07, 6.45) is 18.8. The Labute approximate surface area is 157 Å². The second-order valence-electron chi connectivity index (χ2n) is 7.77. The molecule has 2 heteroatoms. The third-order valence-electron chi connectivity index (χ3n) is 4.89. The predicted molar refractivity (Wildman–Crippen MR) is 108 cm³/mol. The third kappa shape index (κ3) is 15.5. The predicted octanol–water partition coefficient (Wildman–Crippen LogP) is 6.52. The van der Waals surface area contributed by atoms with Gasteiger partial charge in [-0.3, -0.25) is 0 Å². The maximum atomic E-state index is 5.64. The van der Waals surface area contributed by atoms with Crippen LogP contribution in [0.4, 0.5) is 0 Å². The fourth-order valence-electron chi connectivity index (χ4n) is 3.01. The molecule has 0 spiro atoms. The Morgan fingerprint density at radius 2 is 1.36 bits per heavy atom. The highest BCUT2D eigenvalue weighted by atomic mass is 16.5. The Hall–Kier alpha value is -0.520. The maximum Gasteiger partial charge on any atom is 0.0518 e. The molecule has 0 radical (unpaired) electrons. The van der Waals surface area contributed by atoms with Gasteiger partial charge in [-0.2, -0.15) is 0 Å². The molecule has 0 atom stereocenters. The van der Waals surface area contributed by atoms with E-state index >= 15 is 0 Å². The minimum absolute atomic E-state index is 0.339. The zero-order chi connectivity index (χ0) is 18.0. The van der Waals surface area contributed by atoms with E-state index in [0.717, 1.165) is 38.6 Å². The first-order chi connectivity index (χ1) is 12.3. The molecule has 1 aliphatic rings. The molecule has 0 aromatic heterocycles. The van der Waals surface area contributed by atoms with Gasteiger partial charge in [-0.25, -0.2) is 0 Å². The topological polar surface area (TPSA) is 18.5 Å². The molecule has 1 aliphatic carbocycles. The van der Waals surface area contributed by atoms with Crippen molar-refractivity contribution in [1.29, 1.82) is 0 Å². The largest absolute Gasteiger partial charge is 0.381 e. The Morgan fingerprint density at radius 3 is 1.96 bits per heavy atom. The van der Waals surface area contributed by atoms with Gasteiger partial charge in [-0.15, -0.1) is 5.92 Å². The van der Waals surface area contributed by atoms with Crippen LogP contribution in [0.2, 0.25) is 0 Å². The average Bonchev–Trinajstić information content (AvgIpc) is 2.55. The summed E-state index contributed by atoms with van der Waals surface area (Å²) in [6, 6.07) is 0. The number of rotatable bonds is 16. The van der Waals surface area contributed by atoms with Crippen LogP contribution in [0.5, 0.6) is 0 Å². The van der Waals surface area contributed by atoms with Crippen LogP contribution in [0, 0.1) is 17.8 Å². The first-order valence-corrected chi connectivity index (χ1v) is 11.0. The van der Waals surface area contributed by atoms with E-state index in [1.165, 1.54) is 77.0 Å². The van der Waals surface area contributed by atoms with Gasteiger partial charge < -0.3 is 9.47 Å². The van der Waals surface area contributed by atoms with Crippen molar-refractivity contribution in [2.24, 2.45) is 5.92 Å². The first-order valence-electron chi connectivity index (χ1n) is 11.0. The molecule has 0 aliphatic heterocycles. The van der Waals surface area contributed by atoms with Crippen LogP contribution in [-0.4, -0.2) is 25.9 Å². The summed E-state index contributed by atoms with van der Waals surface area (Å²) in [5, 5.41) is 0. The molecule has 1 saturated carbocycles. The van der Waals surface area contributed by atoms with E-state index in [2.05, 4.69) is 25.7 Å². The van der Waals surface area contributed by atoms with Gasteiger partial charge in [0, 0.05) is 32.2 Å². The van der Waals surface area contributed by atoms with Crippen molar-refractivity contribution in [1.82, 2.24) is 0 Å². The zero-order valence-electron chi connectivity index (χ0n) is 17.0. The summed E-state index contributed by atoms with van der Waals surface area (Å²) >= 11 is 0. The second kappa shape index (κ2) is 16.9. The van der Waals surface area contributed by atoms with Crippen LogP contribution in [0.1, 0.15) is 104 Å². The lowest BCUT2D eigenvalue weighted by Crippen LogP contribution is -2.07. The third-order valence-corrected chi connectivity index (χ3v) is 4.89. The van der Waals surface area contributed by atoms with E-state index in [1.807, 2.05) is 0 Å². The van der Waals surface area contributed by atoms with Crippen molar-refractivity contribution in [3.05, 3.63) is 0 Å². The molecule has 0 aromatic rings. The molecule has 2 nitrogen and oxygen atoms in total. The van der Waals surface area contributed by atoms with Crippen LogP contribution in [-0.2, 0) is 9.47 Å². The highest BCUT2D eigenvalue weighted by Crippen LogP contribution is 2.25. The molecule has 0 bridgehead atoms. The maximum absolute atomic E-state index is 5.64. The fourth-order valence-corrected chi connectivity index (χ4v) is 3.01. The Morgan fingerprint density at radius 1 is 0.760 bits per heavy atom. The number of unbranched alkanes of at least 4 members (excludes halogenated alkanes) is 9. The van der Waals surface area contributed by atoms with Gasteiger partial charge in [0.2, 0.25) is 0 Å². The standard InChI is InChI=1S/C23H42O2/c1-22(2)25-21-15-20-24-19-13-11-9-7-5-3-4-6-8-10-12-16-23-17-14-18-23/h22-23H,3-11,13-15,17-21H2,1-2H3. The van der Waals surface area contributed by atoms with E-state index in [0.29, 0.717) is 6.10 Å². The fraction of sp³-hybridized carbons (Fsp3) is 0.913. The van der Waals surface area contributed by atoms with Crippen molar-refractivity contribution >= 4 is 0 Å². The molecule has 0 aromatic carbocycles. The number of hydrogen-bond donors (Lipinski definition) is 0. The van der Waals surface area contributed by atoms with Crippen LogP contribution in [0.15, 0.2) is 0 Å². The van der Waals surface area contributed by atoms with E-state index in [4.69, 9.17) is 9.47 Å². The van der Waals surface area contributed by atoms with Crippen molar-refractivity contribution < 1.29 is 9.47 Å². The van der Waals surface area contributed by atoms with Crippen LogP contribution >= 0.6 is 0 Å². The van der Waals surface area contributed by atoms with Crippen LogP contribution in [0.25, 0.3) is 0 Å². The molecule has 25 heavy (non-hydrogen) atoms. The van der Waals surface area contributed by atoms with Crippen molar-refractivity contribution in [3.8, 4) is 11.8 Å². The molecule has 0 saturated heterocycles. The molecular formula is C23H42O2. The van der Waals surface area contributed by atoms with Gasteiger partial charge in [0.25, 0.3) is 0 Å². The normalized spacial score (nSPS) is 14.4. The molecule has 0 amide bonds. The smallest absolute Gasteiger partial charge is 0.0518 e. The Bertz CT molecular complexity index is 336. The molecule has 0 N–H and O–H groups in total. The zero-order valence-corrected chi connectivity index (χ0v) is 17.0. The summed E-state index contributed by atoms with van der Waals surface area (Å²) in [7, 11) is 0. The quantitative estimate of drug-likeness (QED) is 0.233. The van der Waals surface area contributed by atoms with E-state index in [1.54, 1.807) is 0 Å². The highest BCUT2D eigenvalue weighted by Gasteiger charge is 2.13. The molecular weight excluding hydrogens is 308 g/mol. The lowest BCUT2D eigenvalue weighted by Gasteiger charge is -2.18. The van der Waals surface area contributed by atoms with E-state index < -0.39 is 0 Å². The Balaban J connectivity index is 1.65. The molecule has 1 fully saturated rings. The average molecular weight is 351 g/mol. The first kappa shape index (κ1) is 22.5. The van der Waals surface area contributed by atoms with Gasteiger partial charge in [-0.05, 0) is 46.0 Å². The minimum atomic E-state index is 0.339. The van der Waals surface area contributed by atoms with E-state index in [9.17, 15) is 0 Å². The van der Waals surface area contributed by atoms with Crippen molar-refractivity contribution in [2.45, 2.75) is 110 Å². The molecule has 0 heterocycles. The van der Waals surface area contributed by atoms with Gasteiger partial charge in [-0.1, -0.05) is 57.3 Å². The number of ether oxygens (including phenoxy) is 2. The van der Waals surface area contributed by atoms with Gasteiger partial charge in [0.05, 0.1) is 6.10 Å². The van der Waals surface area contributed by atoms with Gasteiger partial charge >= 0.3 is 0 Å². The minimum Gasteiger partial charge on any atom is -0.381 e. The molecule has 1 rings (SSSR count). The van der Waals surface area contributed by atoms with Crippen molar-refractivity contribution in [3.63, 3.8) is 0 Å². The lowest BCUT2D eigenvalue weighted by atomic mass is 9.86. The molecule has 146 valence electrons. The Kier molecular flexibility index (Phi) is 15.2.